The maximum atomic E-state index is 13.2. The van der Waals surface area contributed by atoms with Gasteiger partial charge in [-0.25, -0.2) is 13.1 Å². The number of aryl methyl sites for hydroxylation is 1. The summed E-state index contributed by atoms with van der Waals surface area (Å²) in [6.07, 6.45) is 9.27. The Balaban J connectivity index is 1.51. The topological polar surface area (TPSA) is 87.7 Å². The number of aliphatic hydroxyl groups excluding tert-OH is 1. The lowest BCUT2D eigenvalue weighted by molar-refractivity contribution is 0.252. The van der Waals surface area contributed by atoms with Gasteiger partial charge in [0.25, 0.3) is 0 Å². The summed E-state index contributed by atoms with van der Waals surface area (Å²) in [5, 5.41) is 13.3. The predicted octanol–water partition coefficient (Wildman–Crippen LogP) is 4.38. The van der Waals surface area contributed by atoms with Gasteiger partial charge in [0.05, 0.1) is 12.0 Å². The van der Waals surface area contributed by atoms with Crippen molar-refractivity contribution in [3.8, 4) is 5.75 Å². The number of sulfonamides is 1. The van der Waals surface area contributed by atoms with Gasteiger partial charge in [-0.05, 0) is 85.8 Å². The van der Waals surface area contributed by atoms with E-state index in [0.29, 0.717) is 17.4 Å². The van der Waals surface area contributed by atoms with E-state index in [2.05, 4.69) is 22.2 Å². The van der Waals surface area contributed by atoms with Gasteiger partial charge in [0.1, 0.15) is 5.75 Å². The van der Waals surface area contributed by atoms with Gasteiger partial charge in [-0.15, -0.1) is 0 Å². The molecule has 35 heavy (non-hydrogen) atoms. The predicted molar refractivity (Wildman–Crippen MR) is 139 cm³/mol. The van der Waals surface area contributed by atoms with Crippen LogP contribution in [0.15, 0.2) is 53.4 Å². The van der Waals surface area contributed by atoms with Crippen molar-refractivity contribution in [3.63, 3.8) is 0 Å². The zero-order chi connectivity index (χ0) is 24.7. The molecule has 2 aliphatic rings. The Hall–Kier alpha value is -1.93. The Morgan fingerprint density at radius 3 is 2.54 bits per heavy atom. The Bertz CT molecular complexity index is 1040. The molecule has 1 saturated carbocycles. The van der Waals surface area contributed by atoms with Crippen molar-refractivity contribution in [3.05, 3.63) is 59.7 Å². The fourth-order valence-electron chi connectivity index (χ4n) is 5.91. The number of aliphatic hydroxyl groups is 1. The number of hydrogen-bond acceptors (Lipinski definition) is 5. The lowest BCUT2D eigenvalue weighted by Crippen LogP contribution is -2.50. The van der Waals surface area contributed by atoms with Crippen molar-refractivity contribution in [2.24, 2.45) is 5.92 Å². The summed E-state index contributed by atoms with van der Waals surface area (Å²) in [6, 6.07) is 15.1. The molecule has 0 aliphatic heterocycles. The quantitative estimate of drug-likeness (QED) is 0.426. The van der Waals surface area contributed by atoms with Gasteiger partial charge in [0.2, 0.25) is 10.0 Å². The maximum Gasteiger partial charge on any atom is 0.240 e. The third kappa shape index (κ3) is 6.64. The van der Waals surface area contributed by atoms with Gasteiger partial charge in [-0.1, -0.05) is 43.5 Å². The fraction of sp³-hybridized carbons (Fsp3) is 0.571. The number of methoxy groups -OCH3 is 1. The lowest BCUT2D eigenvalue weighted by Gasteiger charge is -2.37. The van der Waals surface area contributed by atoms with Crippen molar-refractivity contribution >= 4 is 10.0 Å². The lowest BCUT2D eigenvalue weighted by atomic mass is 9.76. The molecule has 0 unspecified atom stereocenters. The van der Waals surface area contributed by atoms with Crippen LogP contribution >= 0.6 is 0 Å². The van der Waals surface area contributed by atoms with Crippen LogP contribution in [-0.2, 0) is 16.4 Å². The standard InChI is InChI=1S/C28H40N2O4S/c1-34-23-15-16-25-22(19-23)14-17-27(26(25)13-8-18-31)29-20-28(21-9-4-2-5-10-21)30-35(32,33)24-11-6-3-7-12-24/h3,6-7,11-12,15-16,19,21,26-31H,2,4-5,8-10,13-14,17-18,20H2,1H3/t26-,27+,28+/m1/s1. The van der Waals surface area contributed by atoms with Crippen molar-refractivity contribution in [1.82, 2.24) is 10.0 Å². The minimum absolute atomic E-state index is 0.142. The molecule has 1 fully saturated rings. The van der Waals surface area contributed by atoms with Crippen LogP contribution in [0.2, 0.25) is 0 Å². The minimum atomic E-state index is -3.58. The average Bonchev–Trinajstić information content (AvgIpc) is 2.90. The molecule has 0 aromatic heterocycles. The first-order chi connectivity index (χ1) is 17.0. The molecular formula is C28H40N2O4S. The molecule has 0 spiro atoms. The van der Waals surface area contributed by atoms with Crippen molar-refractivity contribution < 1.29 is 18.3 Å². The molecule has 2 aliphatic carbocycles. The second-order valence-corrected chi connectivity index (χ2v) is 11.7. The van der Waals surface area contributed by atoms with Gasteiger partial charge in [-0.2, -0.15) is 0 Å². The van der Waals surface area contributed by atoms with Crippen molar-refractivity contribution in [2.45, 2.75) is 80.7 Å². The van der Waals surface area contributed by atoms with Gasteiger partial charge in [0.15, 0.2) is 0 Å². The first-order valence-corrected chi connectivity index (χ1v) is 14.6. The van der Waals surface area contributed by atoms with E-state index in [4.69, 9.17) is 4.74 Å². The minimum Gasteiger partial charge on any atom is -0.497 e. The van der Waals surface area contributed by atoms with Crippen LogP contribution in [0.5, 0.6) is 5.75 Å². The largest absolute Gasteiger partial charge is 0.497 e. The molecule has 6 nitrogen and oxygen atoms in total. The third-order valence-corrected chi connectivity index (χ3v) is 9.32. The number of benzene rings is 2. The van der Waals surface area contributed by atoms with E-state index in [0.717, 1.165) is 57.1 Å². The normalized spacial score (nSPS) is 21.9. The fourth-order valence-corrected chi connectivity index (χ4v) is 7.24. The molecule has 2 aromatic carbocycles. The highest BCUT2D eigenvalue weighted by atomic mass is 32.2. The number of fused-ring (bicyclic) bond motifs is 1. The molecule has 2 aromatic rings. The summed E-state index contributed by atoms with van der Waals surface area (Å²) < 4.78 is 34.9. The monoisotopic (exact) mass is 500 g/mol. The summed E-state index contributed by atoms with van der Waals surface area (Å²) in [5.41, 5.74) is 2.64. The van der Waals surface area contributed by atoms with E-state index in [-0.39, 0.29) is 24.6 Å². The van der Waals surface area contributed by atoms with Crippen LogP contribution in [0.1, 0.15) is 68.4 Å². The molecule has 0 saturated heterocycles. The molecule has 0 bridgehead atoms. The second kappa shape index (κ2) is 12.3. The molecule has 3 atom stereocenters. The first kappa shape index (κ1) is 26.1. The van der Waals surface area contributed by atoms with E-state index in [1.54, 1.807) is 31.4 Å². The zero-order valence-corrected chi connectivity index (χ0v) is 21.6. The van der Waals surface area contributed by atoms with E-state index < -0.39 is 10.0 Å². The van der Waals surface area contributed by atoms with E-state index >= 15 is 0 Å². The second-order valence-electron chi connectivity index (χ2n) is 10.0. The number of ether oxygens (including phenoxy) is 1. The summed E-state index contributed by atoms with van der Waals surface area (Å²) in [4.78, 5) is 0.321. The Kier molecular flexibility index (Phi) is 9.22. The van der Waals surface area contributed by atoms with Crippen LogP contribution in [0.3, 0.4) is 0 Å². The molecule has 192 valence electrons. The van der Waals surface area contributed by atoms with Crippen molar-refractivity contribution in [2.75, 3.05) is 20.3 Å². The third-order valence-electron chi connectivity index (χ3n) is 7.81. The van der Waals surface area contributed by atoms with Gasteiger partial charge >= 0.3 is 0 Å². The van der Waals surface area contributed by atoms with Gasteiger partial charge in [0, 0.05) is 25.2 Å². The van der Waals surface area contributed by atoms with Crippen LogP contribution in [0.4, 0.5) is 0 Å². The zero-order valence-electron chi connectivity index (χ0n) is 20.8. The number of rotatable bonds is 11. The summed E-state index contributed by atoms with van der Waals surface area (Å²) in [5.74, 6) is 1.50. The van der Waals surface area contributed by atoms with E-state index in [9.17, 15) is 13.5 Å². The summed E-state index contributed by atoms with van der Waals surface area (Å²) in [7, 11) is -1.89. The first-order valence-electron chi connectivity index (χ1n) is 13.1. The molecule has 0 amide bonds. The highest BCUT2D eigenvalue weighted by Gasteiger charge is 2.33. The highest BCUT2D eigenvalue weighted by molar-refractivity contribution is 7.89. The molecule has 0 radical (unpaired) electrons. The molecule has 3 N–H and O–H groups in total. The van der Waals surface area contributed by atoms with Crippen LogP contribution in [0.25, 0.3) is 0 Å². The van der Waals surface area contributed by atoms with Crippen LogP contribution in [0, 0.1) is 5.92 Å². The SMILES string of the molecule is COc1ccc2c(c1)CC[C@H](NC[C@H](NS(=O)(=O)c1ccccc1)C1CCCCC1)[C@@H]2CCCO. The van der Waals surface area contributed by atoms with Crippen LogP contribution < -0.4 is 14.8 Å². The van der Waals surface area contributed by atoms with Crippen LogP contribution in [-0.4, -0.2) is 45.9 Å². The smallest absolute Gasteiger partial charge is 0.240 e. The average molecular weight is 501 g/mol. The van der Waals surface area contributed by atoms with Gasteiger partial charge in [-0.3, -0.25) is 0 Å². The maximum absolute atomic E-state index is 13.2. The highest BCUT2D eigenvalue weighted by Crippen LogP contribution is 2.37. The number of nitrogens with one attached hydrogen (secondary N) is 2. The van der Waals surface area contributed by atoms with E-state index in [1.807, 2.05) is 12.1 Å². The Morgan fingerprint density at radius 1 is 1.06 bits per heavy atom. The molecule has 4 rings (SSSR count). The van der Waals surface area contributed by atoms with Crippen molar-refractivity contribution in [1.29, 1.82) is 0 Å². The Morgan fingerprint density at radius 2 is 1.83 bits per heavy atom. The van der Waals surface area contributed by atoms with Gasteiger partial charge < -0.3 is 15.2 Å². The Labute approximate surface area is 210 Å². The molecular weight excluding hydrogens is 460 g/mol. The van der Waals surface area contributed by atoms with E-state index in [1.165, 1.54) is 17.5 Å². The molecule has 7 heteroatoms. The molecule has 0 heterocycles. The summed E-state index contributed by atoms with van der Waals surface area (Å²) in [6.45, 7) is 0.790. The number of hydrogen-bond donors (Lipinski definition) is 3. The summed E-state index contributed by atoms with van der Waals surface area (Å²) >= 11 is 0.